The molecule has 0 fully saturated rings. The first-order valence-corrected chi connectivity index (χ1v) is 8.86. The van der Waals surface area contributed by atoms with Gasteiger partial charge in [0.2, 0.25) is 0 Å². The fraction of sp³-hybridized carbons (Fsp3) is 0.0556. The zero-order valence-corrected chi connectivity index (χ0v) is 16.6. The number of halogens is 3. The van der Waals surface area contributed by atoms with Crippen molar-refractivity contribution in [1.29, 1.82) is 5.26 Å². The van der Waals surface area contributed by atoms with E-state index in [1.54, 1.807) is 6.08 Å². The Bertz CT molecular complexity index is 827. The van der Waals surface area contributed by atoms with Crippen LogP contribution in [0.2, 0.25) is 0 Å². The number of benzene rings is 2. The minimum Gasteiger partial charge on any atom is -0.479 e. The summed E-state index contributed by atoms with van der Waals surface area (Å²) in [4.78, 5) is 0. The summed E-state index contributed by atoms with van der Waals surface area (Å²) in [5.74, 6) is 3.05. The first-order valence-electron chi connectivity index (χ1n) is 6.48. The summed E-state index contributed by atoms with van der Waals surface area (Å²) >= 11 is 10.3. The third-order valence-corrected chi connectivity index (χ3v) is 4.49. The molecule has 0 spiro atoms. The summed E-state index contributed by atoms with van der Waals surface area (Å²) < 4.78 is 8.20. The minimum atomic E-state index is 0.154. The van der Waals surface area contributed by atoms with Crippen molar-refractivity contribution < 1.29 is 4.74 Å². The molecule has 0 atom stereocenters. The van der Waals surface area contributed by atoms with Gasteiger partial charge in [-0.1, -0.05) is 49.9 Å². The van der Waals surface area contributed by atoms with Crippen molar-refractivity contribution in [3.05, 3.63) is 60.9 Å². The maximum Gasteiger partial charge on any atom is 0.148 e. The highest BCUT2D eigenvalue weighted by Crippen LogP contribution is 2.35. The van der Waals surface area contributed by atoms with E-state index in [2.05, 4.69) is 59.8 Å². The highest BCUT2D eigenvalue weighted by molar-refractivity contribution is 9.11. The zero-order valence-electron chi connectivity index (χ0n) is 11.8. The van der Waals surface area contributed by atoms with Gasteiger partial charge in [-0.15, -0.1) is 6.42 Å². The van der Waals surface area contributed by atoms with Crippen LogP contribution in [-0.4, -0.2) is 6.61 Å². The van der Waals surface area contributed by atoms with Crippen LogP contribution in [0.3, 0.4) is 0 Å². The van der Waals surface area contributed by atoms with Crippen molar-refractivity contribution in [2.75, 3.05) is 6.61 Å². The molecule has 114 valence electrons. The van der Waals surface area contributed by atoms with E-state index in [0.717, 1.165) is 24.5 Å². The Labute approximate surface area is 160 Å². The topological polar surface area (TPSA) is 33.0 Å². The Kier molecular flexibility index (Phi) is 6.47. The van der Waals surface area contributed by atoms with Gasteiger partial charge >= 0.3 is 0 Å². The first-order chi connectivity index (χ1) is 11.0. The van der Waals surface area contributed by atoms with E-state index in [-0.39, 0.29) is 6.61 Å². The number of hydrogen-bond acceptors (Lipinski definition) is 2. The van der Waals surface area contributed by atoms with Crippen LogP contribution in [0.5, 0.6) is 5.75 Å². The molecule has 0 aliphatic rings. The molecule has 2 nitrogen and oxygen atoms in total. The quantitative estimate of drug-likeness (QED) is 0.294. The number of terminal acetylenes is 1. The summed E-state index contributed by atoms with van der Waals surface area (Å²) in [6.45, 7) is 0.154. The highest BCUT2D eigenvalue weighted by atomic mass is 79.9. The number of ether oxygens (including phenoxy) is 1. The van der Waals surface area contributed by atoms with Crippen molar-refractivity contribution in [3.8, 4) is 24.2 Å². The van der Waals surface area contributed by atoms with E-state index in [0.29, 0.717) is 11.3 Å². The van der Waals surface area contributed by atoms with Crippen LogP contribution >= 0.6 is 47.8 Å². The molecule has 2 aromatic carbocycles. The lowest BCUT2D eigenvalue weighted by Crippen LogP contribution is -1.97. The highest BCUT2D eigenvalue weighted by Gasteiger charge is 2.10. The lowest BCUT2D eigenvalue weighted by molar-refractivity contribution is 0.367. The van der Waals surface area contributed by atoms with Gasteiger partial charge in [0.25, 0.3) is 0 Å². The van der Waals surface area contributed by atoms with Crippen LogP contribution in [0.1, 0.15) is 11.1 Å². The summed E-state index contributed by atoms with van der Waals surface area (Å²) in [5.41, 5.74) is 2.13. The number of hydrogen-bond donors (Lipinski definition) is 0. The summed E-state index contributed by atoms with van der Waals surface area (Å²) in [6.07, 6.45) is 7.05. The Hall–Kier alpha value is -1.53. The molecule has 0 N–H and O–H groups in total. The molecular weight excluding hydrogens is 486 g/mol. The van der Waals surface area contributed by atoms with E-state index in [1.165, 1.54) is 0 Å². The molecule has 23 heavy (non-hydrogen) atoms. The van der Waals surface area contributed by atoms with Gasteiger partial charge in [0.15, 0.2) is 0 Å². The Balaban J connectivity index is 2.53. The van der Waals surface area contributed by atoms with Gasteiger partial charge in [-0.2, -0.15) is 5.26 Å². The predicted octanol–water partition coefficient (Wildman–Crippen LogP) is 6.05. The molecule has 2 aromatic rings. The Morgan fingerprint density at radius 1 is 1.13 bits per heavy atom. The molecule has 5 heteroatoms. The fourth-order valence-corrected chi connectivity index (χ4v) is 3.56. The average Bonchev–Trinajstić information content (AvgIpc) is 2.52. The standard InChI is InChI=1S/C18H10Br3NO/c1-2-7-23-18-13(9-16(20)10-17(18)21)8-14(11-22)12-3-5-15(19)6-4-12/h1,3-6,8-10H,7H2/b14-8+. The maximum absolute atomic E-state index is 9.49. The molecule has 0 radical (unpaired) electrons. The molecule has 0 bridgehead atoms. The van der Waals surface area contributed by atoms with Gasteiger partial charge in [0, 0.05) is 14.5 Å². The second-order valence-electron chi connectivity index (χ2n) is 4.48. The SMILES string of the molecule is C#CCOc1c(Br)cc(Br)cc1/C=C(\C#N)c1ccc(Br)cc1. The van der Waals surface area contributed by atoms with Gasteiger partial charge < -0.3 is 4.74 Å². The van der Waals surface area contributed by atoms with Crippen molar-refractivity contribution in [3.63, 3.8) is 0 Å². The third-order valence-electron chi connectivity index (χ3n) is 2.91. The fourth-order valence-electron chi connectivity index (χ4n) is 1.92. The van der Waals surface area contributed by atoms with Crippen LogP contribution in [-0.2, 0) is 0 Å². The molecule has 0 aliphatic carbocycles. The molecule has 0 heterocycles. The lowest BCUT2D eigenvalue weighted by Gasteiger charge is -2.11. The summed E-state index contributed by atoms with van der Waals surface area (Å²) in [6, 6.07) is 13.5. The van der Waals surface area contributed by atoms with Crippen molar-refractivity contribution in [2.24, 2.45) is 0 Å². The first kappa shape index (κ1) is 17.8. The largest absolute Gasteiger partial charge is 0.479 e. The van der Waals surface area contributed by atoms with Gasteiger partial charge in [-0.05, 0) is 51.8 Å². The molecule has 0 aliphatic heterocycles. The molecule has 0 aromatic heterocycles. The lowest BCUT2D eigenvalue weighted by atomic mass is 10.0. The number of nitrogens with zero attached hydrogens (tertiary/aromatic N) is 1. The van der Waals surface area contributed by atoms with E-state index < -0.39 is 0 Å². The second kappa shape index (κ2) is 8.36. The molecular formula is C18H10Br3NO. The predicted molar refractivity (Wildman–Crippen MR) is 104 cm³/mol. The summed E-state index contributed by atoms with van der Waals surface area (Å²) in [5, 5.41) is 9.49. The van der Waals surface area contributed by atoms with Crippen molar-refractivity contribution in [1.82, 2.24) is 0 Å². The van der Waals surface area contributed by atoms with Crippen LogP contribution < -0.4 is 4.74 Å². The monoisotopic (exact) mass is 493 g/mol. The Morgan fingerprint density at radius 2 is 1.83 bits per heavy atom. The van der Waals surface area contributed by atoms with Crippen LogP contribution in [0.15, 0.2) is 49.8 Å². The molecule has 0 unspecified atom stereocenters. The average molecular weight is 496 g/mol. The van der Waals surface area contributed by atoms with Gasteiger partial charge in [-0.25, -0.2) is 0 Å². The van der Waals surface area contributed by atoms with E-state index in [1.807, 2.05) is 36.4 Å². The van der Waals surface area contributed by atoms with Gasteiger partial charge in [0.05, 0.1) is 16.1 Å². The smallest absolute Gasteiger partial charge is 0.148 e. The molecule has 0 saturated heterocycles. The third kappa shape index (κ3) is 4.72. The number of rotatable bonds is 4. The summed E-state index contributed by atoms with van der Waals surface area (Å²) in [7, 11) is 0. The normalized spacial score (nSPS) is 10.7. The van der Waals surface area contributed by atoms with E-state index >= 15 is 0 Å². The molecule has 2 rings (SSSR count). The molecule has 0 amide bonds. The maximum atomic E-state index is 9.49. The molecule has 0 saturated carbocycles. The second-order valence-corrected chi connectivity index (χ2v) is 7.16. The number of allylic oxidation sites excluding steroid dienone is 1. The van der Waals surface area contributed by atoms with Crippen LogP contribution in [0.25, 0.3) is 11.6 Å². The minimum absolute atomic E-state index is 0.154. The van der Waals surface area contributed by atoms with Crippen LogP contribution in [0, 0.1) is 23.7 Å². The zero-order chi connectivity index (χ0) is 16.8. The van der Waals surface area contributed by atoms with Crippen LogP contribution in [0.4, 0.5) is 0 Å². The van der Waals surface area contributed by atoms with E-state index in [9.17, 15) is 5.26 Å². The Morgan fingerprint density at radius 3 is 2.43 bits per heavy atom. The van der Waals surface area contributed by atoms with Gasteiger partial charge in [-0.3, -0.25) is 0 Å². The van der Waals surface area contributed by atoms with E-state index in [4.69, 9.17) is 11.2 Å². The van der Waals surface area contributed by atoms with Crippen molar-refractivity contribution >= 4 is 59.4 Å². The number of nitriles is 1. The van der Waals surface area contributed by atoms with Crippen molar-refractivity contribution in [2.45, 2.75) is 0 Å². The van der Waals surface area contributed by atoms with Gasteiger partial charge in [0.1, 0.15) is 12.4 Å².